The molecule has 0 spiro atoms. The van der Waals surface area contributed by atoms with Crippen LogP contribution < -0.4 is 0 Å². The summed E-state index contributed by atoms with van der Waals surface area (Å²) in [5, 5.41) is 0. The van der Waals surface area contributed by atoms with Crippen LogP contribution >= 0.6 is 22.6 Å². The van der Waals surface area contributed by atoms with Gasteiger partial charge >= 0.3 is 0 Å². The molecule has 1 fully saturated rings. The number of benzene rings is 2. The van der Waals surface area contributed by atoms with Crippen LogP contribution in [0.25, 0.3) is 0 Å². The Bertz CT molecular complexity index is 895. The van der Waals surface area contributed by atoms with Crippen molar-refractivity contribution in [3.05, 3.63) is 71.8 Å². The van der Waals surface area contributed by atoms with E-state index in [1.807, 2.05) is 60.7 Å². The molecule has 1 aliphatic heterocycles. The van der Waals surface area contributed by atoms with Crippen molar-refractivity contribution in [3.63, 3.8) is 0 Å². The van der Waals surface area contributed by atoms with Gasteiger partial charge in [-0.1, -0.05) is 83.3 Å². The zero-order valence-corrected chi connectivity index (χ0v) is 20.4. The molecule has 5 unspecified atom stereocenters. The summed E-state index contributed by atoms with van der Waals surface area (Å²) in [6.45, 7) is 0.561. The van der Waals surface area contributed by atoms with E-state index in [1.165, 1.54) is 7.11 Å². The van der Waals surface area contributed by atoms with Gasteiger partial charge < -0.3 is 18.9 Å². The summed E-state index contributed by atoms with van der Waals surface area (Å²) in [5.74, 6) is 0. The fourth-order valence-corrected chi connectivity index (χ4v) is 4.76. The van der Waals surface area contributed by atoms with Gasteiger partial charge in [-0.15, -0.1) is 0 Å². The minimum absolute atomic E-state index is 0.269. The molecule has 1 saturated heterocycles. The lowest BCUT2D eigenvalue weighted by Crippen LogP contribution is -2.61. The number of hydrogen-bond donors (Lipinski definition) is 0. The highest BCUT2D eigenvalue weighted by Crippen LogP contribution is 2.31. The third-order valence-electron chi connectivity index (χ3n) is 4.83. The van der Waals surface area contributed by atoms with Crippen molar-refractivity contribution in [2.45, 2.75) is 43.9 Å². The summed E-state index contributed by atoms with van der Waals surface area (Å²) >= 11 is 2.14. The fraction of sp³-hybridized carbons (Fsp3) is 0.455. The predicted molar refractivity (Wildman–Crippen MR) is 124 cm³/mol. The first-order chi connectivity index (χ1) is 14.9. The highest BCUT2D eigenvalue weighted by atomic mass is 127. The Morgan fingerprint density at radius 1 is 0.871 bits per heavy atom. The molecule has 0 radical (unpaired) electrons. The van der Waals surface area contributed by atoms with Gasteiger partial charge in [-0.25, -0.2) is 0 Å². The first kappa shape index (κ1) is 24.6. The predicted octanol–water partition coefficient (Wildman–Crippen LogP) is 3.31. The first-order valence-electron chi connectivity index (χ1n) is 9.85. The Morgan fingerprint density at radius 2 is 1.39 bits per heavy atom. The second-order valence-electron chi connectivity index (χ2n) is 7.22. The molecular weight excluding hydrogens is 535 g/mol. The van der Waals surface area contributed by atoms with Crippen LogP contribution in [-0.4, -0.2) is 56.9 Å². The SMILES string of the molecule is COC1OC(CI)C(OS(C)(=O)=O)C(OCc2ccccc2)C1OCc1ccccc1. The molecule has 3 rings (SSSR count). The van der Waals surface area contributed by atoms with Crippen molar-refractivity contribution in [3.8, 4) is 0 Å². The molecule has 0 amide bonds. The number of halogens is 1. The summed E-state index contributed by atoms with van der Waals surface area (Å²) < 4.78 is 53.9. The van der Waals surface area contributed by atoms with Gasteiger partial charge in [0.05, 0.1) is 25.6 Å². The average Bonchev–Trinajstić information content (AvgIpc) is 2.77. The van der Waals surface area contributed by atoms with Gasteiger partial charge in [0.2, 0.25) is 0 Å². The lowest BCUT2D eigenvalue weighted by Gasteiger charge is -2.44. The normalized spacial score (nSPS) is 26.6. The summed E-state index contributed by atoms with van der Waals surface area (Å²) in [5.41, 5.74) is 1.92. The van der Waals surface area contributed by atoms with E-state index in [2.05, 4.69) is 22.6 Å². The third kappa shape index (κ3) is 7.21. The molecule has 5 atom stereocenters. The van der Waals surface area contributed by atoms with Crippen LogP contribution in [0.15, 0.2) is 60.7 Å². The lowest BCUT2D eigenvalue weighted by molar-refractivity contribution is -0.301. The summed E-state index contributed by atoms with van der Waals surface area (Å²) in [6.07, 6.45) is -2.55. The van der Waals surface area contributed by atoms with E-state index in [0.29, 0.717) is 11.0 Å². The van der Waals surface area contributed by atoms with Crippen LogP contribution in [-0.2, 0) is 46.5 Å². The number of alkyl halides is 1. The highest BCUT2D eigenvalue weighted by Gasteiger charge is 2.49. The molecule has 0 bridgehead atoms. The van der Waals surface area contributed by atoms with Crippen LogP contribution in [0.4, 0.5) is 0 Å². The second kappa shape index (κ2) is 11.7. The van der Waals surface area contributed by atoms with Crippen LogP contribution in [0.2, 0.25) is 0 Å². The van der Waals surface area contributed by atoms with Crippen molar-refractivity contribution in [1.29, 1.82) is 0 Å². The summed E-state index contributed by atoms with van der Waals surface area (Å²) in [4.78, 5) is 0. The number of methoxy groups -OCH3 is 1. The maximum absolute atomic E-state index is 12.0. The van der Waals surface area contributed by atoms with Crippen LogP contribution in [0.1, 0.15) is 11.1 Å². The Hall–Kier alpha value is -1.08. The third-order valence-corrected chi connectivity index (χ3v) is 6.27. The molecule has 0 aliphatic carbocycles. The quantitative estimate of drug-likeness (QED) is 0.250. The minimum Gasteiger partial charge on any atom is -0.368 e. The number of rotatable bonds is 10. The van der Waals surface area contributed by atoms with E-state index in [4.69, 9.17) is 23.1 Å². The van der Waals surface area contributed by atoms with Crippen molar-refractivity contribution in [2.75, 3.05) is 17.8 Å². The topological polar surface area (TPSA) is 80.3 Å². The second-order valence-corrected chi connectivity index (χ2v) is 9.70. The lowest BCUT2D eigenvalue weighted by atomic mass is 9.99. The highest BCUT2D eigenvalue weighted by molar-refractivity contribution is 14.1. The van der Waals surface area contributed by atoms with Gasteiger partial charge in [-0.3, -0.25) is 4.18 Å². The largest absolute Gasteiger partial charge is 0.368 e. The maximum atomic E-state index is 12.0. The molecule has 0 saturated carbocycles. The van der Waals surface area contributed by atoms with Gasteiger partial charge in [0, 0.05) is 11.5 Å². The zero-order valence-electron chi connectivity index (χ0n) is 17.4. The van der Waals surface area contributed by atoms with Crippen molar-refractivity contribution < 1.29 is 31.5 Å². The summed E-state index contributed by atoms with van der Waals surface area (Å²) in [6, 6.07) is 19.3. The van der Waals surface area contributed by atoms with Gasteiger partial charge in [0.1, 0.15) is 18.3 Å². The van der Waals surface area contributed by atoms with Crippen molar-refractivity contribution >= 4 is 32.7 Å². The molecule has 9 heteroatoms. The maximum Gasteiger partial charge on any atom is 0.264 e. The molecule has 0 N–H and O–H groups in total. The summed E-state index contributed by atoms with van der Waals surface area (Å²) in [7, 11) is -2.23. The molecule has 7 nitrogen and oxygen atoms in total. The van der Waals surface area contributed by atoms with E-state index in [-0.39, 0.29) is 6.61 Å². The molecule has 2 aromatic carbocycles. The monoisotopic (exact) mass is 562 g/mol. The Balaban J connectivity index is 1.87. The Kier molecular flexibility index (Phi) is 9.26. The van der Waals surface area contributed by atoms with Crippen molar-refractivity contribution in [1.82, 2.24) is 0 Å². The van der Waals surface area contributed by atoms with Gasteiger partial charge in [-0.05, 0) is 11.1 Å². The average molecular weight is 562 g/mol. The van der Waals surface area contributed by atoms with E-state index in [9.17, 15) is 8.42 Å². The zero-order chi connectivity index (χ0) is 22.3. The standard InChI is InChI=1S/C22H27IO7S/c1-26-22-21(28-15-17-11-7-4-8-12-17)20(27-14-16-9-5-3-6-10-16)19(18(13-23)29-22)30-31(2,24)25/h3-12,18-22H,13-15H2,1-2H3. The molecule has 170 valence electrons. The van der Waals surface area contributed by atoms with E-state index < -0.39 is 40.8 Å². The Labute approximate surface area is 197 Å². The first-order valence-corrected chi connectivity index (χ1v) is 13.2. The van der Waals surface area contributed by atoms with Gasteiger partial charge in [-0.2, -0.15) is 8.42 Å². The van der Waals surface area contributed by atoms with Crippen LogP contribution in [0.3, 0.4) is 0 Å². The minimum atomic E-state index is -3.76. The number of ether oxygens (including phenoxy) is 4. The Morgan fingerprint density at radius 3 is 1.84 bits per heavy atom. The molecule has 0 aromatic heterocycles. The van der Waals surface area contributed by atoms with Crippen LogP contribution in [0.5, 0.6) is 0 Å². The molecular formula is C22H27IO7S. The molecule has 1 aliphatic rings. The molecule has 2 aromatic rings. The van der Waals surface area contributed by atoms with Gasteiger partial charge in [0.25, 0.3) is 10.1 Å². The molecule has 1 heterocycles. The fourth-order valence-electron chi connectivity index (χ4n) is 3.41. The van der Waals surface area contributed by atoms with Gasteiger partial charge in [0.15, 0.2) is 6.29 Å². The van der Waals surface area contributed by atoms with E-state index in [0.717, 1.165) is 17.4 Å². The van der Waals surface area contributed by atoms with Crippen LogP contribution in [0, 0.1) is 0 Å². The number of hydrogen-bond acceptors (Lipinski definition) is 7. The molecule has 31 heavy (non-hydrogen) atoms. The smallest absolute Gasteiger partial charge is 0.264 e. The van der Waals surface area contributed by atoms with E-state index in [1.54, 1.807) is 0 Å². The van der Waals surface area contributed by atoms with E-state index >= 15 is 0 Å². The van der Waals surface area contributed by atoms with Crippen molar-refractivity contribution in [2.24, 2.45) is 0 Å².